The Morgan fingerprint density at radius 1 is 0.846 bits per heavy atom. The largest absolute Gasteiger partial charge is 0.497 e. The number of carbonyl (C=O) groups excluding carboxylic acids is 1. The number of aliphatic imine (C=N–C) groups is 1. The fourth-order valence-corrected chi connectivity index (χ4v) is 5.03. The number of nitrogens with zero attached hydrogens (tertiary/aromatic N) is 3. The molecule has 7 heteroatoms. The van der Waals surface area contributed by atoms with Crippen LogP contribution in [0.3, 0.4) is 0 Å². The molecule has 1 heterocycles. The molecule has 7 nitrogen and oxygen atoms in total. The van der Waals surface area contributed by atoms with Crippen LogP contribution in [0, 0.1) is 0 Å². The van der Waals surface area contributed by atoms with Crippen molar-refractivity contribution in [1.29, 1.82) is 0 Å². The number of carbonyl (C=O) groups is 1. The van der Waals surface area contributed by atoms with Gasteiger partial charge in [0.1, 0.15) is 11.5 Å². The quantitative estimate of drug-likeness (QED) is 0.294. The molecule has 0 N–H and O–H groups in total. The second-order valence-corrected chi connectivity index (χ2v) is 9.69. The summed E-state index contributed by atoms with van der Waals surface area (Å²) in [5.74, 6) is 1.75. The molecule has 0 radical (unpaired) electrons. The van der Waals surface area contributed by atoms with Crippen LogP contribution in [0.5, 0.6) is 11.5 Å². The van der Waals surface area contributed by atoms with Crippen LogP contribution in [-0.2, 0) is 9.53 Å². The monoisotopic (exact) mass is 525 g/mol. The van der Waals surface area contributed by atoms with E-state index in [0.717, 1.165) is 47.0 Å². The van der Waals surface area contributed by atoms with E-state index >= 15 is 0 Å². The smallest absolute Gasteiger partial charge is 0.300 e. The molecule has 0 unspecified atom stereocenters. The van der Waals surface area contributed by atoms with Gasteiger partial charge in [-0.05, 0) is 92.1 Å². The lowest BCUT2D eigenvalue weighted by atomic mass is 9.96. The number of hydrogen-bond donors (Lipinski definition) is 0. The van der Waals surface area contributed by atoms with Gasteiger partial charge in [0.2, 0.25) is 0 Å². The normalized spacial score (nSPS) is 17.9. The van der Waals surface area contributed by atoms with Gasteiger partial charge in [0.25, 0.3) is 5.91 Å². The molecule has 1 amide bonds. The Labute approximate surface area is 230 Å². The van der Waals surface area contributed by atoms with Crippen LogP contribution in [0.25, 0.3) is 6.08 Å². The van der Waals surface area contributed by atoms with Crippen LogP contribution < -0.4 is 14.4 Å². The lowest BCUT2D eigenvalue weighted by Crippen LogP contribution is -2.30. The van der Waals surface area contributed by atoms with Crippen molar-refractivity contribution in [1.82, 2.24) is 4.90 Å². The van der Waals surface area contributed by atoms with Crippen molar-refractivity contribution in [3.8, 4) is 11.5 Å². The lowest BCUT2D eigenvalue weighted by molar-refractivity contribution is -0.122. The highest BCUT2D eigenvalue weighted by Crippen LogP contribution is 2.36. The van der Waals surface area contributed by atoms with E-state index in [-0.39, 0.29) is 11.9 Å². The molecule has 1 aliphatic carbocycles. The van der Waals surface area contributed by atoms with Gasteiger partial charge in [0.15, 0.2) is 5.76 Å². The first-order valence-corrected chi connectivity index (χ1v) is 13.6. The number of amidine groups is 1. The molecule has 0 atom stereocenters. The summed E-state index contributed by atoms with van der Waals surface area (Å²) >= 11 is 0. The Morgan fingerprint density at radius 3 is 1.85 bits per heavy atom. The summed E-state index contributed by atoms with van der Waals surface area (Å²) in [5, 5.41) is 0. The molecule has 1 aliphatic heterocycles. The molecule has 0 aromatic heterocycles. The second kappa shape index (κ2) is 12.1. The topological polar surface area (TPSA) is 63.6 Å². The number of likely N-dealkylation sites (N-methyl/N-ethyl adjacent to an activating group) is 1. The molecule has 0 spiro atoms. The Morgan fingerprint density at radius 2 is 1.36 bits per heavy atom. The van der Waals surface area contributed by atoms with Crippen molar-refractivity contribution in [2.75, 3.05) is 25.7 Å². The molecule has 2 aliphatic rings. The maximum atomic E-state index is 13.1. The second-order valence-electron chi connectivity index (χ2n) is 9.69. The molecule has 39 heavy (non-hydrogen) atoms. The molecule has 3 aromatic carbocycles. The molecule has 1 saturated carbocycles. The standard InChI is InChI=1S/C32H35N3O4/c1-4-34-31(36)30(39-32(34)33-24-8-6-5-7-9-24)22-23-10-12-25(13-11-23)35(26-14-18-28(37-2)19-15-26)27-16-20-29(38-3)21-17-27/h10-22,24H,4-9H2,1-3H3/b30-22+,33-32?. The van der Waals surface area contributed by atoms with Crippen molar-refractivity contribution in [2.24, 2.45) is 4.99 Å². The lowest BCUT2D eigenvalue weighted by Gasteiger charge is -2.26. The van der Waals surface area contributed by atoms with Crippen LogP contribution >= 0.6 is 0 Å². The Bertz CT molecular complexity index is 1280. The zero-order valence-electron chi connectivity index (χ0n) is 22.8. The van der Waals surface area contributed by atoms with Gasteiger partial charge < -0.3 is 19.1 Å². The molecule has 5 rings (SSSR count). The fourth-order valence-electron chi connectivity index (χ4n) is 5.03. The van der Waals surface area contributed by atoms with Crippen LogP contribution in [0.15, 0.2) is 83.5 Å². The van der Waals surface area contributed by atoms with Gasteiger partial charge >= 0.3 is 6.02 Å². The van der Waals surface area contributed by atoms with Crippen LogP contribution in [0.1, 0.15) is 44.6 Å². The molecule has 2 fully saturated rings. The van der Waals surface area contributed by atoms with E-state index in [4.69, 9.17) is 19.2 Å². The van der Waals surface area contributed by atoms with Gasteiger partial charge in [0, 0.05) is 23.6 Å². The van der Waals surface area contributed by atoms with Gasteiger partial charge in [-0.15, -0.1) is 0 Å². The van der Waals surface area contributed by atoms with Crippen molar-refractivity contribution >= 4 is 35.1 Å². The summed E-state index contributed by atoms with van der Waals surface area (Å²) in [6, 6.07) is 24.6. The van der Waals surface area contributed by atoms with E-state index in [1.807, 2.05) is 79.7 Å². The SMILES string of the molecule is CCN1C(=O)/C(=C\c2ccc(N(c3ccc(OC)cc3)c3ccc(OC)cc3)cc2)OC1=NC1CCCCC1. The van der Waals surface area contributed by atoms with Crippen molar-refractivity contribution in [2.45, 2.75) is 45.1 Å². The fraction of sp³-hybridized carbons (Fsp3) is 0.312. The summed E-state index contributed by atoms with van der Waals surface area (Å²) in [7, 11) is 3.32. The highest BCUT2D eigenvalue weighted by Gasteiger charge is 2.34. The number of amides is 1. The van der Waals surface area contributed by atoms with E-state index in [1.165, 1.54) is 19.3 Å². The minimum atomic E-state index is -0.144. The van der Waals surface area contributed by atoms with Gasteiger partial charge in [-0.2, -0.15) is 0 Å². The highest BCUT2D eigenvalue weighted by molar-refractivity contribution is 6.11. The van der Waals surface area contributed by atoms with Gasteiger partial charge in [-0.1, -0.05) is 31.4 Å². The molecule has 1 saturated heterocycles. The summed E-state index contributed by atoms with van der Waals surface area (Å²) in [6.07, 6.45) is 7.52. The molecule has 0 bridgehead atoms. The van der Waals surface area contributed by atoms with E-state index in [0.29, 0.717) is 18.3 Å². The third-order valence-electron chi connectivity index (χ3n) is 7.18. The number of hydrogen-bond acceptors (Lipinski definition) is 6. The molecular weight excluding hydrogens is 490 g/mol. The number of benzene rings is 3. The molecule has 202 valence electrons. The predicted octanol–water partition coefficient (Wildman–Crippen LogP) is 7.08. The number of ether oxygens (including phenoxy) is 3. The van der Waals surface area contributed by atoms with Crippen LogP contribution in [0.4, 0.5) is 17.1 Å². The summed E-state index contributed by atoms with van der Waals surface area (Å²) < 4.78 is 16.7. The Hall–Kier alpha value is -4.26. The number of anilines is 3. The average molecular weight is 526 g/mol. The predicted molar refractivity (Wildman–Crippen MR) is 155 cm³/mol. The van der Waals surface area contributed by atoms with Gasteiger partial charge in [-0.3, -0.25) is 9.69 Å². The molecule has 3 aromatic rings. The molecular formula is C32H35N3O4. The maximum Gasteiger partial charge on any atom is 0.300 e. The van der Waals surface area contributed by atoms with E-state index in [9.17, 15) is 4.79 Å². The summed E-state index contributed by atoms with van der Waals surface area (Å²) in [4.78, 5) is 21.6. The third-order valence-corrected chi connectivity index (χ3v) is 7.18. The first kappa shape index (κ1) is 26.4. The van der Waals surface area contributed by atoms with E-state index in [1.54, 1.807) is 25.2 Å². The van der Waals surface area contributed by atoms with Crippen LogP contribution in [0.2, 0.25) is 0 Å². The van der Waals surface area contributed by atoms with Gasteiger partial charge in [0.05, 0.1) is 20.3 Å². The van der Waals surface area contributed by atoms with Crippen molar-refractivity contribution in [3.05, 3.63) is 84.1 Å². The van der Waals surface area contributed by atoms with E-state index in [2.05, 4.69) is 4.90 Å². The Kier molecular flexibility index (Phi) is 8.16. The number of rotatable bonds is 8. The minimum Gasteiger partial charge on any atom is -0.497 e. The zero-order valence-corrected chi connectivity index (χ0v) is 22.8. The number of methoxy groups -OCH3 is 2. The Balaban J connectivity index is 1.42. The van der Waals surface area contributed by atoms with Crippen molar-refractivity contribution < 1.29 is 19.0 Å². The third kappa shape index (κ3) is 5.93. The van der Waals surface area contributed by atoms with Gasteiger partial charge in [-0.25, -0.2) is 4.99 Å². The van der Waals surface area contributed by atoms with Crippen LogP contribution in [-0.4, -0.2) is 43.6 Å². The highest BCUT2D eigenvalue weighted by atomic mass is 16.5. The summed E-state index contributed by atoms with van der Waals surface area (Å²) in [5.41, 5.74) is 3.83. The first-order chi connectivity index (χ1) is 19.1. The zero-order chi connectivity index (χ0) is 27.2. The average Bonchev–Trinajstić information content (AvgIpc) is 3.28. The van der Waals surface area contributed by atoms with E-state index < -0.39 is 0 Å². The summed E-state index contributed by atoms with van der Waals surface area (Å²) in [6.45, 7) is 2.47. The maximum absolute atomic E-state index is 13.1. The minimum absolute atomic E-state index is 0.144. The van der Waals surface area contributed by atoms with Crippen molar-refractivity contribution in [3.63, 3.8) is 0 Å². The first-order valence-electron chi connectivity index (χ1n) is 13.6.